The number of rotatable bonds is 5. The number of carboxylic acid groups (broad SMARTS) is 1. The number of aliphatic carboxylic acids is 1. The smallest absolute Gasteiger partial charge is 0.280 e. The van der Waals surface area contributed by atoms with Crippen LogP contribution in [-0.4, -0.2) is 53.7 Å². The lowest BCUT2D eigenvalue weighted by Crippen LogP contribution is -2.47. The fraction of sp³-hybridized carbons (Fsp3) is 0.600. The molecule has 122 valence electrons. The van der Waals surface area contributed by atoms with E-state index in [4.69, 9.17) is 15.8 Å². The van der Waals surface area contributed by atoms with E-state index < -0.39 is 23.1 Å². The van der Waals surface area contributed by atoms with Gasteiger partial charge in [0.25, 0.3) is 5.66 Å². The zero-order valence-electron chi connectivity index (χ0n) is 13.8. The molecule has 1 aliphatic rings. The fourth-order valence-electron chi connectivity index (χ4n) is 2.14. The number of carbonyl (C=O) groups is 1. The largest absolute Gasteiger partial charge is 0.544 e. The molecule has 8 heteroatoms. The van der Waals surface area contributed by atoms with Crippen molar-refractivity contribution < 1.29 is 14.4 Å². The Morgan fingerprint density at radius 1 is 1.00 bits per heavy atom. The summed E-state index contributed by atoms with van der Waals surface area (Å²) in [5.74, 6) is -1.86. The molecule has 0 saturated heterocycles. The molecule has 0 fully saturated rings. The van der Waals surface area contributed by atoms with Crippen molar-refractivity contribution in [1.82, 2.24) is 0 Å². The second-order valence-corrected chi connectivity index (χ2v) is 4.82. The van der Waals surface area contributed by atoms with Crippen LogP contribution < -0.4 is 5.11 Å². The van der Waals surface area contributed by atoms with Crippen LogP contribution in [-0.2, 0) is 4.79 Å². The van der Waals surface area contributed by atoms with Gasteiger partial charge in [0.1, 0.15) is 24.2 Å². The van der Waals surface area contributed by atoms with Crippen LogP contribution >= 0.6 is 0 Å². The first-order valence-electron chi connectivity index (χ1n) is 7.32. The van der Waals surface area contributed by atoms with Gasteiger partial charge in [-0.25, -0.2) is 9.98 Å². The number of aliphatic imine (C=N–C) groups is 2. The molecule has 0 aromatic carbocycles. The van der Waals surface area contributed by atoms with Crippen LogP contribution in [0.4, 0.5) is 0 Å². The van der Waals surface area contributed by atoms with Gasteiger partial charge in [0, 0.05) is 0 Å². The highest BCUT2D eigenvalue weighted by Gasteiger charge is 2.38. The molecule has 0 spiro atoms. The van der Waals surface area contributed by atoms with Gasteiger partial charge in [-0.2, -0.15) is 15.8 Å². The van der Waals surface area contributed by atoms with E-state index in [1.807, 2.05) is 0 Å². The standard InChI is InChI=1S/C8H20N.C7HN5O2/c1-5-9(6-2,7-3)8-4;8-1-4-5(2-9)12-7(3-10,11-4)6(13)14/h5-8H2,1-4H3;(H,13,14)/q+1;/p-1. The van der Waals surface area contributed by atoms with E-state index in [0.717, 1.165) is 0 Å². The van der Waals surface area contributed by atoms with E-state index in [2.05, 4.69) is 37.7 Å². The second-order valence-electron chi connectivity index (χ2n) is 4.82. The van der Waals surface area contributed by atoms with Crippen LogP contribution in [0.5, 0.6) is 0 Å². The molecule has 23 heavy (non-hydrogen) atoms. The summed E-state index contributed by atoms with van der Waals surface area (Å²) in [5.41, 5.74) is -3.42. The van der Waals surface area contributed by atoms with Crippen LogP contribution in [0.15, 0.2) is 9.98 Å². The minimum Gasteiger partial charge on any atom is -0.544 e. The normalized spacial score (nSPS) is 15.0. The van der Waals surface area contributed by atoms with Gasteiger partial charge < -0.3 is 14.4 Å². The topological polar surface area (TPSA) is 136 Å². The zero-order chi connectivity index (χ0) is 18.1. The van der Waals surface area contributed by atoms with Gasteiger partial charge in [-0.1, -0.05) is 0 Å². The maximum absolute atomic E-state index is 10.5. The number of quaternary nitrogens is 1. The molecule has 0 aromatic rings. The second kappa shape index (κ2) is 8.63. The Kier molecular flexibility index (Phi) is 7.59. The first-order valence-corrected chi connectivity index (χ1v) is 7.32. The first-order chi connectivity index (χ1) is 10.8. The van der Waals surface area contributed by atoms with Crippen molar-refractivity contribution in [2.45, 2.75) is 33.4 Å². The Labute approximate surface area is 136 Å². The van der Waals surface area contributed by atoms with Crippen molar-refractivity contribution in [3.05, 3.63) is 0 Å². The van der Waals surface area contributed by atoms with Crippen LogP contribution in [0.3, 0.4) is 0 Å². The van der Waals surface area contributed by atoms with Gasteiger partial charge in [-0.05, 0) is 27.7 Å². The first kappa shape index (κ1) is 20.2. The lowest BCUT2D eigenvalue weighted by molar-refractivity contribution is -0.921. The molecule has 0 bridgehead atoms. The molecule has 0 unspecified atom stereocenters. The lowest BCUT2D eigenvalue weighted by Gasteiger charge is -2.34. The number of nitriles is 3. The maximum atomic E-state index is 10.5. The average Bonchev–Trinajstić information content (AvgIpc) is 2.98. The van der Waals surface area contributed by atoms with Crippen molar-refractivity contribution >= 4 is 17.4 Å². The number of hydrogen-bond donors (Lipinski definition) is 0. The summed E-state index contributed by atoms with van der Waals surface area (Å²) < 4.78 is 1.28. The molecule has 0 radical (unpaired) electrons. The molecule has 0 amide bonds. The Balaban J connectivity index is 0.000000468. The van der Waals surface area contributed by atoms with Gasteiger partial charge in [0.05, 0.1) is 26.2 Å². The minimum atomic E-state index is -2.48. The van der Waals surface area contributed by atoms with E-state index in [-0.39, 0.29) is 0 Å². The van der Waals surface area contributed by atoms with Crippen LogP contribution in [0.2, 0.25) is 0 Å². The molecule has 0 saturated carbocycles. The third-order valence-corrected chi connectivity index (χ3v) is 4.11. The monoisotopic (exact) mass is 316 g/mol. The number of nitrogens with zero attached hydrogens (tertiary/aromatic N) is 6. The van der Waals surface area contributed by atoms with Gasteiger partial charge >= 0.3 is 0 Å². The third-order valence-electron chi connectivity index (χ3n) is 4.11. The summed E-state index contributed by atoms with van der Waals surface area (Å²) >= 11 is 0. The summed E-state index contributed by atoms with van der Waals surface area (Å²) in [6.07, 6.45) is 0. The lowest BCUT2D eigenvalue weighted by atomic mass is 10.2. The Morgan fingerprint density at radius 3 is 1.48 bits per heavy atom. The zero-order valence-corrected chi connectivity index (χ0v) is 13.8. The van der Waals surface area contributed by atoms with E-state index in [0.29, 0.717) is 0 Å². The molecule has 0 aromatic heterocycles. The highest BCUT2D eigenvalue weighted by atomic mass is 16.4. The third kappa shape index (κ3) is 4.35. The number of carboxylic acids is 1. The maximum Gasteiger partial charge on any atom is 0.280 e. The summed E-state index contributed by atoms with van der Waals surface area (Å²) in [5, 5.41) is 35.9. The Bertz CT molecular complexity index is 578. The number of carbonyl (C=O) groups excluding carboxylic acids is 1. The van der Waals surface area contributed by atoms with Crippen molar-refractivity contribution in [1.29, 1.82) is 15.8 Å². The van der Waals surface area contributed by atoms with Gasteiger partial charge in [0.2, 0.25) is 0 Å². The molecule has 0 atom stereocenters. The molecule has 0 N–H and O–H groups in total. The SMILES string of the molecule is CC[N+](CC)(CC)CC.N#CC1=NC(C#N)(C(=O)[O-])N=C1C#N. The highest BCUT2D eigenvalue weighted by molar-refractivity contribution is 6.55. The molecule has 8 nitrogen and oxygen atoms in total. The van der Waals surface area contributed by atoms with Crippen LogP contribution in [0, 0.1) is 34.0 Å². The molecule has 0 aliphatic carbocycles. The van der Waals surface area contributed by atoms with Gasteiger partial charge in [0.15, 0.2) is 11.4 Å². The average molecular weight is 316 g/mol. The van der Waals surface area contributed by atoms with Crippen LogP contribution in [0.1, 0.15) is 27.7 Å². The summed E-state index contributed by atoms with van der Waals surface area (Å²) in [6.45, 7) is 14.2. The Morgan fingerprint density at radius 2 is 1.35 bits per heavy atom. The Hall–Kier alpha value is -2.76. The molecular formula is C15H20N6O2. The van der Waals surface area contributed by atoms with Crippen molar-refractivity contribution in [2.75, 3.05) is 26.2 Å². The molecule has 1 rings (SSSR count). The van der Waals surface area contributed by atoms with Crippen molar-refractivity contribution in [2.24, 2.45) is 9.98 Å². The van der Waals surface area contributed by atoms with Gasteiger partial charge in [-0.3, -0.25) is 0 Å². The van der Waals surface area contributed by atoms with E-state index in [1.165, 1.54) is 48.9 Å². The summed E-state index contributed by atoms with van der Waals surface area (Å²) in [7, 11) is 0. The van der Waals surface area contributed by atoms with E-state index >= 15 is 0 Å². The van der Waals surface area contributed by atoms with Crippen molar-refractivity contribution in [3.8, 4) is 18.2 Å². The highest BCUT2D eigenvalue weighted by Crippen LogP contribution is 2.18. The molecule has 1 aliphatic heterocycles. The van der Waals surface area contributed by atoms with Gasteiger partial charge in [-0.15, -0.1) is 0 Å². The van der Waals surface area contributed by atoms with Crippen LogP contribution in [0.25, 0.3) is 0 Å². The fourth-order valence-corrected chi connectivity index (χ4v) is 2.14. The van der Waals surface area contributed by atoms with Crippen molar-refractivity contribution in [3.63, 3.8) is 0 Å². The predicted molar refractivity (Wildman–Crippen MR) is 81.9 cm³/mol. The van der Waals surface area contributed by atoms with E-state index in [1.54, 1.807) is 0 Å². The summed E-state index contributed by atoms with van der Waals surface area (Å²) in [4.78, 5) is 16.9. The van der Waals surface area contributed by atoms with E-state index in [9.17, 15) is 9.90 Å². The quantitative estimate of drug-likeness (QED) is 0.646. The molecular weight excluding hydrogens is 296 g/mol. The minimum absolute atomic E-state index is 0.474. The molecule has 1 heterocycles. The number of hydrogen-bond acceptors (Lipinski definition) is 7. The summed E-state index contributed by atoms with van der Waals surface area (Å²) in [6, 6.07) is 4.19. The predicted octanol–water partition coefficient (Wildman–Crippen LogP) is -0.218.